The van der Waals surface area contributed by atoms with Crippen LogP contribution in [0.2, 0.25) is 0 Å². The Morgan fingerprint density at radius 2 is 2.04 bits per heavy atom. The van der Waals surface area contributed by atoms with Crippen LogP contribution in [0.4, 0.5) is 0 Å². The molecule has 1 aromatic carbocycles. The molecule has 3 heterocycles. The van der Waals surface area contributed by atoms with Crippen LogP contribution in [0.5, 0.6) is 0 Å². The Morgan fingerprint density at radius 3 is 2.84 bits per heavy atom. The van der Waals surface area contributed by atoms with Crippen molar-refractivity contribution in [3.05, 3.63) is 42.2 Å². The highest BCUT2D eigenvalue weighted by atomic mass is 16.2. The minimum absolute atomic E-state index is 0.126. The summed E-state index contributed by atoms with van der Waals surface area (Å²) in [6.45, 7) is 3.77. The van der Waals surface area contributed by atoms with Crippen molar-refractivity contribution in [2.75, 3.05) is 26.2 Å². The number of hydrogen-bond acceptors (Lipinski definition) is 5. The molecule has 0 aliphatic carbocycles. The molecular formula is C18H24N6O. The number of benzene rings is 1. The molecule has 2 aromatic rings. The largest absolute Gasteiger partial charge is 0.338 e. The van der Waals surface area contributed by atoms with E-state index in [9.17, 15) is 4.79 Å². The van der Waals surface area contributed by atoms with Gasteiger partial charge in [0.25, 0.3) is 0 Å². The molecule has 2 fully saturated rings. The number of carbonyl (C=O) groups is 1. The van der Waals surface area contributed by atoms with Gasteiger partial charge in [-0.25, -0.2) is 4.68 Å². The first-order valence-electron chi connectivity index (χ1n) is 9.10. The van der Waals surface area contributed by atoms with Gasteiger partial charge in [-0.1, -0.05) is 36.8 Å². The molecule has 0 N–H and O–H groups in total. The molecule has 7 heteroatoms. The maximum Gasteiger partial charge on any atom is 0.248 e. The third kappa shape index (κ3) is 3.56. The number of nitrogens with zero attached hydrogens (tertiary/aromatic N) is 6. The first-order valence-corrected chi connectivity index (χ1v) is 9.10. The summed E-state index contributed by atoms with van der Waals surface area (Å²) in [5.74, 6) is 0.126. The van der Waals surface area contributed by atoms with Crippen molar-refractivity contribution in [3.63, 3.8) is 0 Å². The number of aromatic nitrogens is 4. The highest BCUT2D eigenvalue weighted by Crippen LogP contribution is 2.24. The second-order valence-corrected chi connectivity index (χ2v) is 6.97. The normalized spacial score (nSPS) is 22.4. The number of piperazine rings is 1. The molecule has 132 valence electrons. The van der Waals surface area contributed by atoms with E-state index in [1.54, 1.807) is 11.0 Å². The summed E-state index contributed by atoms with van der Waals surface area (Å²) in [4.78, 5) is 17.8. The predicted molar refractivity (Wildman–Crippen MR) is 92.8 cm³/mol. The quantitative estimate of drug-likeness (QED) is 0.835. The van der Waals surface area contributed by atoms with E-state index in [-0.39, 0.29) is 11.9 Å². The zero-order valence-electron chi connectivity index (χ0n) is 14.4. The van der Waals surface area contributed by atoms with Crippen LogP contribution in [0, 0.1) is 0 Å². The van der Waals surface area contributed by atoms with Crippen LogP contribution in [0.3, 0.4) is 0 Å². The molecule has 1 amide bonds. The average Bonchev–Trinajstić information content (AvgIpc) is 3.20. The average molecular weight is 340 g/mol. The smallest absolute Gasteiger partial charge is 0.248 e. The molecule has 2 aliphatic heterocycles. The number of hydrogen-bond donors (Lipinski definition) is 0. The molecule has 2 aliphatic rings. The van der Waals surface area contributed by atoms with Gasteiger partial charge < -0.3 is 4.90 Å². The standard InChI is InChI=1S/C18H24N6O/c25-18(23-11-10-22-9-5-4-8-16(22)13-23)17(24-14-19-20-21-24)12-15-6-2-1-3-7-15/h1-3,6-7,14,16-17H,4-5,8-13H2/t16-,17+/m1/s1. The van der Waals surface area contributed by atoms with E-state index in [4.69, 9.17) is 0 Å². The van der Waals surface area contributed by atoms with E-state index >= 15 is 0 Å². The van der Waals surface area contributed by atoms with Gasteiger partial charge in [-0.2, -0.15) is 0 Å². The van der Waals surface area contributed by atoms with E-state index in [1.807, 2.05) is 35.2 Å². The highest BCUT2D eigenvalue weighted by molar-refractivity contribution is 5.80. The Labute approximate surface area is 147 Å². The predicted octanol–water partition coefficient (Wildman–Crippen LogP) is 1.15. The van der Waals surface area contributed by atoms with Crippen molar-refractivity contribution in [1.82, 2.24) is 30.0 Å². The maximum atomic E-state index is 13.3. The molecule has 1 aromatic heterocycles. The topological polar surface area (TPSA) is 67.2 Å². The third-order valence-electron chi connectivity index (χ3n) is 5.39. The molecule has 0 spiro atoms. The molecular weight excluding hydrogens is 316 g/mol. The van der Waals surface area contributed by atoms with Gasteiger partial charge in [0.05, 0.1) is 0 Å². The van der Waals surface area contributed by atoms with Crippen molar-refractivity contribution in [1.29, 1.82) is 0 Å². The lowest BCUT2D eigenvalue weighted by molar-refractivity contribution is -0.138. The van der Waals surface area contributed by atoms with Gasteiger partial charge in [0.2, 0.25) is 5.91 Å². The second-order valence-electron chi connectivity index (χ2n) is 6.97. The van der Waals surface area contributed by atoms with Gasteiger partial charge in [0, 0.05) is 32.1 Å². The molecule has 0 saturated carbocycles. The molecule has 0 radical (unpaired) electrons. The Morgan fingerprint density at radius 1 is 1.16 bits per heavy atom. The molecule has 0 bridgehead atoms. The van der Waals surface area contributed by atoms with Gasteiger partial charge in [0.1, 0.15) is 12.4 Å². The summed E-state index contributed by atoms with van der Waals surface area (Å²) in [5.41, 5.74) is 1.12. The van der Waals surface area contributed by atoms with Gasteiger partial charge in [-0.15, -0.1) is 5.10 Å². The summed E-state index contributed by atoms with van der Waals surface area (Å²) in [6, 6.07) is 10.2. The summed E-state index contributed by atoms with van der Waals surface area (Å²) in [6.07, 6.45) is 5.89. The zero-order chi connectivity index (χ0) is 17.1. The first-order chi connectivity index (χ1) is 12.3. The minimum atomic E-state index is -0.382. The molecule has 25 heavy (non-hydrogen) atoms. The summed E-state index contributed by atoms with van der Waals surface area (Å²) in [5, 5.41) is 11.5. The number of fused-ring (bicyclic) bond motifs is 1. The summed E-state index contributed by atoms with van der Waals surface area (Å²) >= 11 is 0. The molecule has 7 nitrogen and oxygen atoms in total. The lowest BCUT2D eigenvalue weighted by Crippen LogP contribution is -2.57. The Bertz CT molecular complexity index is 689. The molecule has 4 rings (SSSR count). The monoisotopic (exact) mass is 340 g/mol. The Balaban J connectivity index is 1.51. The first kappa shape index (κ1) is 16.2. The van der Waals surface area contributed by atoms with Crippen LogP contribution in [-0.4, -0.2) is 68.1 Å². The number of carbonyl (C=O) groups excluding carboxylic acids is 1. The van der Waals surface area contributed by atoms with E-state index in [0.29, 0.717) is 12.5 Å². The van der Waals surface area contributed by atoms with E-state index < -0.39 is 0 Å². The second kappa shape index (κ2) is 7.31. The minimum Gasteiger partial charge on any atom is -0.338 e. The van der Waals surface area contributed by atoms with Gasteiger partial charge in [-0.3, -0.25) is 9.69 Å². The Kier molecular flexibility index (Phi) is 4.74. The third-order valence-corrected chi connectivity index (χ3v) is 5.39. The van der Waals surface area contributed by atoms with E-state index in [0.717, 1.165) is 25.2 Å². The van der Waals surface area contributed by atoms with Crippen LogP contribution in [0.15, 0.2) is 36.7 Å². The lowest BCUT2D eigenvalue weighted by Gasteiger charge is -2.44. The van der Waals surface area contributed by atoms with Crippen LogP contribution >= 0.6 is 0 Å². The summed E-state index contributed by atoms with van der Waals surface area (Å²) in [7, 11) is 0. The SMILES string of the molecule is O=C([C@H](Cc1ccccc1)n1cnnn1)N1CCN2CCCC[C@@H]2C1. The Hall–Kier alpha value is -2.28. The summed E-state index contributed by atoms with van der Waals surface area (Å²) < 4.78 is 1.60. The maximum absolute atomic E-state index is 13.3. The van der Waals surface area contributed by atoms with Crippen molar-refractivity contribution in [3.8, 4) is 0 Å². The van der Waals surface area contributed by atoms with Crippen molar-refractivity contribution in [2.24, 2.45) is 0 Å². The number of tetrazole rings is 1. The van der Waals surface area contributed by atoms with Crippen molar-refractivity contribution >= 4 is 5.91 Å². The van der Waals surface area contributed by atoms with Crippen LogP contribution < -0.4 is 0 Å². The number of piperidine rings is 1. The lowest BCUT2D eigenvalue weighted by atomic mass is 9.98. The van der Waals surface area contributed by atoms with E-state index in [2.05, 4.69) is 20.4 Å². The fourth-order valence-electron chi connectivity index (χ4n) is 4.01. The molecule has 2 saturated heterocycles. The fourth-order valence-corrected chi connectivity index (χ4v) is 4.01. The zero-order valence-corrected chi connectivity index (χ0v) is 14.4. The van der Waals surface area contributed by atoms with Gasteiger partial charge >= 0.3 is 0 Å². The fraction of sp³-hybridized carbons (Fsp3) is 0.556. The number of amides is 1. The van der Waals surface area contributed by atoms with Crippen molar-refractivity contribution < 1.29 is 4.79 Å². The van der Waals surface area contributed by atoms with Gasteiger partial charge in [0.15, 0.2) is 0 Å². The van der Waals surface area contributed by atoms with E-state index in [1.165, 1.54) is 25.8 Å². The highest BCUT2D eigenvalue weighted by Gasteiger charge is 2.34. The molecule has 0 unspecified atom stereocenters. The van der Waals surface area contributed by atoms with Crippen LogP contribution in [0.25, 0.3) is 0 Å². The van der Waals surface area contributed by atoms with Gasteiger partial charge in [-0.05, 0) is 35.4 Å². The number of rotatable bonds is 4. The van der Waals surface area contributed by atoms with Crippen molar-refractivity contribution in [2.45, 2.75) is 37.8 Å². The van der Waals surface area contributed by atoms with Crippen LogP contribution in [0.1, 0.15) is 30.9 Å². The molecule has 2 atom stereocenters. The van der Waals surface area contributed by atoms with Crippen LogP contribution in [-0.2, 0) is 11.2 Å².